The van der Waals surface area contributed by atoms with Crippen LogP contribution in [0, 0.1) is 0 Å². The molecule has 0 saturated heterocycles. The lowest BCUT2D eigenvalue weighted by Crippen LogP contribution is -2.29. The number of esters is 1. The maximum Gasteiger partial charge on any atom is 0.416 e. The maximum atomic E-state index is 12.7. The molecule has 0 aliphatic rings. The molecule has 0 saturated carbocycles. The molecule has 3 nitrogen and oxygen atoms in total. The van der Waals surface area contributed by atoms with E-state index in [0.29, 0.717) is 9.04 Å². The zero-order valence-electron chi connectivity index (χ0n) is 12.2. The minimum atomic E-state index is -4.39. The van der Waals surface area contributed by atoms with Crippen molar-refractivity contribution in [1.29, 1.82) is 0 Å². The third-order valence-corrected chi connectivity index (χ3v) is 5.08. The molecule has 2 rings (SSSR count). The molecule has 0 spiro atoms. The second-order valence-electron chi connectivity index (χ2n) is 4.99. The van der Waals surface area contributed by atoms with E-state index in [9.17, 15) is 18.0 Å². The summed E-state index contributed by atoms with van der Waals surface area (Å²) in [4.78, 5) is 16.0. The Morgan fingerprint density at radius 3 is 2.64 bits per heavy atom. The van der Waals surface area contributed by atoms with Crippen LogP contribution in [0.3, 0.4) is 0 Å². The number of aromatic nitrogens is 1. The van der Waals surface area contributed by atoms with Crippen LogP contribution in [-0.4, -0.2) is 22.3 Å². The number of nitrogens with zero attached hydrogens (tertiary/aromatic N) is 1. The average molecular weight is 349 g/mol. The Morgan fingerprint density at radius 1 is 1.36 bits per heavy atom. The van der Waals surface area contributed by atoms with Gasteiger partial charge in [-0.1, -0.05) is 11.8 Å². The maximum absolute atomic E-state index is 12.7. The molecule has 2 aromatic rings. The Bertz CT molecular complexity index is 695. The van der Waals surface area contributed by atoms with Crippen LogP contribution in [-0.2, 0) is 15.7 Å². The number of halogens is 3. The van der Waals surface area contributed by atoms with Crippen molar-refractivity contribution < 1.29 is 22.7 Å². The van der Waals surface area contributed by atoms with Crippen molar-refractivity contribution in [2.45, 2.75) is 36.0 Å². The van der Waals surface area contributed by atoms with Gasteiger partial charge in [0.1, 0.15) is 4.75 Å². The Hall–Kier alpha value is -1.28. The molecule has 1 heterocycles. The van der Waals surface area contributed by atoms with E-state index < -0.39 is 16.5 Å². The molecular weight excluding hydrogens is 335 g/mol. The fraction of sp³-hybridized carbons (Fsp3) is 0.429. The number of hydrogen-bond acceptors (Lipinski definition) is 5. The predicted molar refractivity (Wildman–Crippen MR) is 81.2 cm³/mol. The third kappa shape index (κ3) is 3.73. The third-order valence-electron chi connectivity index (χ3n) is 2.80. The quantitative estimate of drug-likeness (QED) is 0.590. The number of thiazole rings is 1. The average Bonchev–Trinajstić information content (AvgIpc) is 2.78. The summed E-state index contributed by atoms with van der Waals surface area (Å²) in [6.07, 6.45) is -4.39. The largest absolute Gasteiger partial charge is 0.465 e. The number of rotatable bonds is 4. The zero-order valence-corrected chi connectivity index (χ0v) is 13.8. The summed E-state index contributed by atoms with van der Waals surface area (Å²) in [5.74, 6) is -0.379. The molecule has 0 aliphatic heterocycles. The van der Waals surface area contributed by atoms with Crippen molar-refractivity contribution in [2.24, 2.45) is 0 Å². The van der Waals surface area contributed by atoms with Gasteiger partial charge in [-0.3, -0.25) is 4.79 Å². The van der Waals surface area contributed by atoms with Crippen molar-refractivity contribution >= 4 is 39.3 Å². The fourth-order valence-corrected chi connectivity index (χ4v) is 4.15. The van der Waals surface area contributed by atoms with Crippen LogP contribution in [0.5, 0.6) is 0 Å². The predicted octanol–water partition coefficient (Wildman–Crippen LogP) is 4.75. The summed E-state index contributed by atoms with van der Waals surface area (Å²) in [5.41, 5.74) is -0.450. The van der Waals surface area contributed by atoms with E-state index in [1.165, 1.54) is 29.2 Å². The highest BCUT2D eigenvalue weighted by Crippen LogP contribution is 2.39. The molecule has 0 N–H and O–H groups in total. The molecule has 0 amide bonds. The Morgan fingerprint density at radius 2 is 2.05 bits per heavy atom. The van der Waals surface area contributed by atoms with Gasteiger partial charge in [-0.15, -0.1) is 11.3 Å². The number of carbonyl (C=O) groups excluding carboxylic acids is 1. The van der Waals surface area contributed by atoms with Crippen LogP contribution < -0.4 is 0 Å². The van der Waals surface area contributed by atoms with Gasteiger partial charge in [-0.25, -0.2) is 4.98 Å². The second kappa shape index (κ2) is 6.08. The first-order chi connectivity index (χ1) is 10.1. The first-order valence-corrected chi connectivity index (χ1v) is 8.11. The molecule has 0 bridgehead atoms. The van der Waals surface area contributed by atoms with Gasteiger partial charge in [0.15, 0.2) is 4.34 Å². The first-order valence-electron chi connectivity index (χ1n) is 6.47. The lowest BCUT2D eigenvalue weighted by atomic mass is 10.2. The van der Waals surface area contributed by atoms with Crippen molar-refractivity contribution in [3.05, 3.63) is 23.8 Å². The van der Waals surface area contributed by atoms with Crippen molar-refractivity contribution in [3.63, 3.8) is 0 Å². The van der Waals surface area contributed by atoms with Gasteiger partial charge < -0.3 is 4.74 Å². The van der Waals surface area contributed by atoms with E-state index in [1.54, 1.807) is 20.8 Å². The van der Waals surface area contributed by atoms with Crippen molar-refractivity contribution in [3.8, 4) is 0 Å². The highest BCUT2D eigenvalue weighted by atomic mass is 32.2. The molecule has 0 unspecified atom stereocenters. The highest BCUT2D eigenvalue weighted by Gasteiger charge is 2.33. The van der Waals surface area contributed by atoms with E-state index in [0.717, 1.165) is 12.1 Å². The molecule has 0 radical (unpaired) electrons. The minimum Gasteiger partial charge on any atom is -0.465 e. The number of hydrogen-bond donors (Lipinski definition) is 0. The summed E-state index contributed by atoms with van der Waals surface area (Å²) in [6, 6.07) is 3.45. The minimum absolute atomic E-state index is 0.275. The monoisotopic (exact) mass is 349 g/mol. The van der Waals surface area contributed by atoms with Crippen LogP contribution >= 0.6 is 23.1 Å². The van der Waals surface area contributed by atoms with Gasteiger partial charge in [0.05, 0.1) is 22.4 Å². The van der Waals surface area contributed by atoms with E-state index in [-0.39, 0.29) is 18.1 Å². The van der Waals surface area contributed by atoms with E-state index in [2.05, 4.69) is 4.98 Å². The van der Waals surface area contributed by atoms with Crippen LogP contribution in [0.2, 0.25) is 0 Å². The second-order valence-corrected chi connectivity index (χ2v) is 7.89. The molecule has 8 heteroatoms. The standard InChI is InChI=1S/C14H14F3NO2S2/c1-4-20-11(19)13(2,3)22-12-18-9-7-8(14(15,16)17)5-6-10(9)21-12/h5-7H,4H2,1-3H3. The smallest absolute Gasteiger partial charge is 0.416 e. The summed E-state index contributed by atoms with van der Waals surface area (Å²) < 4.78 is 43.4. The summed E-state index contributed by atoms with van der Waals surface area (Å²) >= 11 is 2.44. The molecule has 120 valence electrons. The van der Waals surface area contributed by atoms with E-state index in [1.807, 2.05) is 0 Å². The number of benzene rings is 1. The topological polar surface area (TPSA) is 39.2 Å². The SMILES string of the molecule is CCOC(=O)C(C)(C)Sc1nc2cc(C(F)(F)F)ccc2s1. The summed E-state index contributed by atoms with van der Waals surface area (Å²) in [6.45, 7) is 5.39. The number of ether oxygens (including phenoxy) is 1. The van der Waals surface area contributed by atoms with E-state index >= 15 is 0 Å². The molecule has 1 aromatic heterocycles. The molecule has 0 atom stereocenters. The Kier molecular flexibility index (Phi) is 4.72. The lowest BCUT2D eigenvalue weighted by Gasteiger charge is -2.19. The molecule has 22 heavy (non-hydrogen) atoms. The molecule has 0 fully saturated rings. The molecular formula is C14H14F3NO2S2. The van der Waals surface area contributed by atoms with Gasteiger partial charge in [0, 0.05) is 0 Å². The summed E-state index contributed by atoms with van der Waals surface area (Å²) in [7, 11) is 0. The lowest BCUT2D eigenvalue weighted by molar-refractivity contribution is -0.145. The fourth-order valence-electron chi connectivity index (χ4n) is 1.69. The van der Waals surface area contributed by atoms with Crippen LogP contribution in [0.1, 0.15) is 26.3 Å². The van der Waals surface area contributed by atoms with Crippen molar-refractivity contribution in [1.82, 2.24) is 4.98 Å². The normalized spacial score (nSPS) is 12.6. The van der Waals surface area contributed by atoms with Crippen molar-refractivity contribution in [2.75, 3.05) is 6.61 Å². The van der Waals surface area contributed by atoms with Gasteiger partial charge in [0.25, 0.3) is 0 Å². The Labute approximate surface area is 133 Å². The van der Waals surface area contributed by atoms with Gasteiger partial charge in [-0.2, -0.15) is 13.2 Å². The number of thioether (sulfide) groups is 1. The van der Waals surface area contributed by atoms with Crippen LogP contribution in [0.4, 0.5) is 13.2 Å². The Balaban J connectivity index is 2.28. The van der Waals surface area contributed by atoms with Crippen LogP contribution in [0.15, 0.2) is 22.5 Å². The first kappa shape index (κ1) is 17.1. The van der Waals surface area contributed by atoms with Gasteiger partial charge in [0.2, 0.25) is 0 Å². The number of alkyl halides is 3. The zero-order chi connectivity index (χ0) is 16.5. The van der Waals surface area contributed by atoms with Gasteiger partial charge in [-0.05, 0) is 39.0 Å². The molecule has 0 aliphatic carbocycles. The highest BCUT2D eigenvalue weighted by molar-refractivity contribution is 8.03. The van der Waals surface area contributed by atoms with Gasteiger partial charge >= 0.3 is 12.1 Å². The number of fused-ring (bicyclic) bond motifs is 1. The molecule has 1 aromatic carbocycles. The summed E-state index contributed by atoms with van der Waals surface area (Å²) in [5, 5.41) is 0. The number of carbonyl (C=O) groups is 1. The van der Waals surface area contributed by atoms with Crippen LogP contribution in [0.25, 0.3) is 10.2 Å². The van der Waals surface area contributed by atoms with E-state index in [4.69, 9.17) is 4.74 Å².